The van der Waals surface area contributed by atoms with Crippen molar-refractivity contribution in [3.63, 3.8) is 0 Å². The van der Waals surface area contributed by atoms with Gasteiger partial charge in [0.15, 0.2) is 0 Å². The molecule has 0 aromatic heterocycles. The summed E-state index contributed by atoms with van der Waals surface area (Å²) >= 11 is 3.28. The predicted molar refractivity (Wildman–Crippen MR) is 69.7 cm³/mol. The van der Waals surface area contributed by atoms with Gasteiger partial charge in [-0.1, -0.05) is 42.6 Å². The zero-order valence-corrected chi connectivity index (χ0v) is 11.4. The summed E-state index contributed by atoms with van der Waals surface area (Å²) in [6, 6.07) is 4.79. The molecule has 3 heteroatoms. The Morgan fingerprint density at radius 1 is 1.38 bits per heavy atom. The fraction of sp³-hybridized carbons (Fsp3) is 0.538. The summed E-state index contributed by atoms with van der Waals surface area (Å²) in [5, 5.41) is 0. The van der Waals surface area contributed by atoms with Crippen molar-refractivity contribution in [1.29, 1.82) is 0 Å². The van der Waals surface area contributed by atoms with E-state index in [4.69, 9.17) is 5.73 Å². The van der Waals surface area contributed by atoms with Crippen LogP contribution < -0.4 is 5.73 Å². The minimum absolute atomic E-state index is 0.0754. The lowest BCUT2D eigenvalue weighted by Crippen LogP contribution is -2.14. The van der Waals surface area contributed by atoms with E-state index < -0.39 is 0 Å². The highest BCUT2D eigenvalue weighted by molar-refractivity contribution is 9.10. The van der Waals surface area contributed by atoms with E-state index in [1.54, 1.807) is 0 Å². The molecule has 0 aliphatic rings. The average molecular weight is 288 g/mol. The normalized spacial score (nSPS) is 14.8. The Bertz CT molecular complexity index is 320. The molecular weight excluding hydrogens is 269 g/mol. The van der Waals surface area contributed by atoms with Crippen LogP contribution in [0.15, 0.2) is 22.7 Å². The minimum Gasteiger partial charge on any atom is -0.324 e. The van der Waals surface area contributed by atoms with Gasteiger partial charge in [-0.25, -0.2) is 4.39 Å². The minimum atomic E-state index is -0.233. The standard InChI is InChI=1S/C13H19BrFN/c1-3-4-9(2)5-13(16)10-6-11(14)8-12(15)7-10/h6-9,13H,3-5,16H2,1-2H3. The lowest BCUT2D eigenvalue weighted by atomic mass is 9.93. The van der Waals surface area contributed by atoms with E-state index >= 15 is 0 Å². The lowest BCUT2D eigenvalue weighted by Gasteiger charge is -2.17. The van der Waals surface area contributed by atoms with E-state index in [1.165, 1.54) is 25.0 Å². The Balaban J connectivity index is 2.68. The maximum absolute atomic E-state index is 13.2. The summed E-state index contributed by atoms with van der Waals surface area (Å²) in [5.41, 5.74) is 6.95. The quantitative estimate of drug-likeness (QED) is 0.853. The van der Waals surface area contributed by atoms with Crippen LogP contribution in [-0.4, -0.2) is 0 Å². The number of nitrogens with two attached hydrogens (primary N) is 1. The van der Waals surface area contributed by atoms with Gasteiger partial charge in [-0.15, -0.1) is 0 Å². The third-order valence-electron chi connectivity index (χ3n) is 2.75. The van der Waals surface area contributed by atoms with E-state index in [2.05, 4.69) is 29.8 Å². The molecular formula is C13H19BrFN. The molecule has 1 rings (SSSR count). The zero-order valence-electron chi connectivity index (χ0n) is 9.84. The first-order valence-electron chi connectivity index (χ1n) is 5.74. The van der Waals surface area contributed by atoms with Crippen LogP contribution in [0.5, 0.6) is 0 Å². The number of rotatable bonds is 5. The Hall–Kier alpha value is -0.410. The van der Waals surface area contributed by atoms with Crippen LogP contribution in [0.3, 0.4) is 0 Å². The van der Waals surface area contributed by atoms with E-state index in [-0.39, 0.29) is 11.9 Å². The molecule has 0 radical (unpaired) electrons. The molecule has 1 nitrogen and oxygen atoms in total. The van der Waals surface area contributed by atoms with Crippen molar-refractivity contribution in [2.75, 3.05) is 0 Å². The molecule has 0 aliphatic carbocycles. The molecule has 0 saturated heterocycles. The van der Waals surface area contributed by atoms with E-state index in [0.29, 0.717) is 5.92 Å². The molecule has 1 aromatic carbocycles. The van der Waals surface area contributed by atoms with Crippen LogP contribution in [0.1, 0.15) is 44.7 Å². The molecule has 90 valence electrons. The molecule has 1 aromatic rings. The van der Waals surface area contributed by atoms with Crippen LogP contribution >= 0.6 is 15.9 Å². The summed E-state index contributed by atoms with van der Waals surface area (Å²) in [6.45, 7) is 4.36. The molecule has 0 amide bonds. The van der Waals surface area contributed by atoms with Gasteiger partial charge in [-0.05, 0) is 36.1 Å². The molecule has 0 bridgehead atoms. The molecule has 2 unspecified atom stereocenters. The second-order valence-electron chi connectivity index (χ2n) is 4.44. The van der Waals surface area contributed by atoms with Gasteiger partial charge < -0.3 is 5.73 Å². The summed E-state index contributed by atoms with van der Waals surface area (Å²) < 4.78 is 13.9. The second kappa shape index (κ2) is 6.36. The zero-order chi connectivity index (χ0) is 12.1. The van der Waals surface area contributed by atoms with Crippen molar-refractivity contribution in [3.05, 3.63) is 34.1 Å². The van der Waals surface area contributed by atoms with Crippen LogP contribution in [0.2, 0.25) is 0 Å². The molecule has 0 saturated carbocycles. The third kappa shape index (κ3) is 4.22. The fourth-order valence-corrected chi connectivity index (χ4v) is 2.45. The summed E-state index contributed by atoms with van der Waals surface area (Å²) in [4.78, 5) is 0. The molecule has 2 N–H and O–H groups in total. The second-order valence-corrected chi connectivity index (χ2v) is 5.35. The fourth-order valence-electron chi connectivity index (χ4n) is 1.97. The monoisotopic (exact) mass is 287 g/mol. The first kappa shape index (κ1) is 13.7. The maximum atomic E-state index is 13.2. The first-order valence-corrected chi connectivity index (χ1v) is 6.53. The van der Waals surface area contributed by atoms with Crippen molar-refractivity contribution in [1.82, 2.24) is 0 Å². The van der Waals surface area contributed by atoms with Crippen LogP contribution in [0, 0.1) is 11.7 Å². The van der Waals surface area contributed by atoms with Gasteiger partial charge in [0.05, 0.1) is 0 Å². The first-order chi connectivity index (χ1) is 7.52. The Morgan fingerprint density at radius 3 is 2.62 bits per heavy atom. The van der Waals surface area contributed by atoms with Crippen molar-refractivity contribution in [3.8, 4) is 0 Å². The highest BCUT2D eigenvalue weighted by Gasteiger charge is 2.12. The Labute approximate surface area is 105 Å². The predicted octanol–water partition coefficient (Wildman–Crippen LogP) is 4.41. The van der Waals surface area contributed by atoms with Crippen molar-refractivity contribution >= 4 is 15.9 Å². The van der Waals surface area contributed by atoms with Crippen LogP contribution in [-0.2, 0) is 0 Å². The van der Waals surface area contributed by atoms with Gasteiger partial charge in [0.1, 0.15) is 5.82 Å². The van der Waals surface area contributed by atoms with E-state index in [1.807, 2.05) is 6.07 Å². The van der Waals surface area contributed by atoms with Gasteiger partial charge in [0.2, 0.25) is 0 Å². The molecule has 0 heterocycles. The Morgan fingerprint density at radius 2 is 2.06 bits per heavy atom. The van der Waals surface area contributed by atoms with Crippen molar-refractivity contribution < 1.29 is 4.39 Å². The van der Waals surface area contributed by atoms with Gasteiger partial charge in [0.25, 0.3) is 0 Å². The third-order valence-corrected chi connectivity index (χ3v) is 3.21. The number of halogens is 2. The van der Waals surface area contributed by atoms with Crippen LogP contribution in [0.4, 0.5) is 4.39 Å². The van der Waals surface area contributed by atoms with Crippen LogP contribution in [0.25, 0.3) is 0 Å². The van der Waals surface area contributed by atoms with Gasteiger partial charge in [-0.3, -0.25) is 0 Å². The van der Waals surface area contributed by atoms with Crippen molar-refractivity contribution in [2.45, 2.75) is 39.2 Å². The highest BCUT2D eigenvalue weighted by Crippen LogP contribution is 2.25. The molecule has 0 spiro atoms. The average Bonchev–Trinajstić information content (AvgIpc) is 2.16. The van der Waals surface area contributed by atoms with Gasteiger partial charge in [0, 0.05) is 10.5 Å². The van der Waals surface area contributed by atoms with Crippen molar-refractivity contribution in [2.24, 2.45) is 11.7 Å². The SMILES string of the molecule is CCCC(C)CC(N)c1cc(F)cc(Br)c1. The molecule has 16 heavy (non-hydrogen) atoms. The summed E-state index contributed by atoms with van der Waals surface area (Å²) in [6.07, 6.45) is 3.24. The van der Waals surface area contributed by atoms with Gasteiger partial charge in [-0.2, -0.15) is 0 Å². The largest absolute Gasteiger partial charge is 0.324 e. The van der Waals surface area contributed by atoms with E-state index in [9.17, 15) is 4.39 Å². The number of benzene rings is 1. The smallest absolute Gasteiger partial charge is 0.124 e. The topological polar surface area (TPSA) is 26.0 Å². The lowest BCUT2D eigenvalue weighted by molar-refractivity contribution is 0.439. The molecule has 0 fully saturated rings. The summed E-state index contributed by atoms with van der Waals surface area (Å²) in [7, 11) is 0. The molecule has 2 atom stereocenters. The molecule has 0 aliphatic heterocycles. The van der Waals surface area contributed by atoms with E-state index in [0.717, 1.165) is 16.5 Å². The maximum Gasteiger partial charge on any atom is 0.124 e. The number of hydrogen-bond donors (Lipinski definition) is 1. The highest BCUT2D eigenvalue weighted by atomic mass is 79.9. The summed E-state index contributed by atoms with van der Waals surface area (Å²) in [5.74, 6) is 0.352. The number of hydrogen-bond acceptors (Lipinski definition) is 1. The Kier molecular flexibility index (Phi) is 5.42. The van der Waals surface area contributed by atoms with Gasteiger partial charge >= 0.3 is 0 Å².